The van der Waals surface area contributed by atoms with Gasteiger partial charge in [-0.15, -0.1) is 0 Å². The van der Waals surface area contributed by atoms with Crippen LogP contribution in [0.4, 0.5) is 34.1 Å². The number of para-hydroxylation sites is 3. The molecular formula is C48H36N2. The summed E-state index contributed by atoms with van der Waals surface area (Å²) in [7, 11) is 0. The van der Waals surface area contributed by atoms with E-state index >= 15 is 0 Å². The van der Waals surface area contributed by atoms with E-state index in [-0.39, 0.29) is 0 Å². The van der Waals surface area contributed by atoms with Crippen molar-refractivity contribution in [2.45, 2.75) is 0 Å². The molecule has 0 bridgehead atoms. The van der Waals surface area contributed by atoms with Crippen LogP contribution in [0.2, 0.25) is 0 Å². The van der Waals surface area contributed by atoms with Crippen molar-refractivity contribution in [2.24, 2.45) is 0 Å². The molecule has 0 spiro atoms. The Hall–Kier alpha value is -6.64. The smallest absolute Gasteiger partial charge is 0.0540 e. The maximum Gasteiger partial charge on any atom is 0.0540 e. The average molecular weight is 641 g/mol. The van der Waals surface area contributed by atoms with Gasteiger partial charge in [0.2, 0.25) is 0 Å². The monoisotopic (exact) mass is 640 g/mol. The lowest BCUT2D eigenvalue weighted by molar-refractivity contribution is 1.28. The molecule has 0 radical (unpaired) electrons. The molecule has 0 aliphatic heterocycles. The third kappa shape index (κ3) is 6.19. The Morgan fingerprint density at radius 1 is 0.200 bits per heavy atom. The standard InChI is InChI=1S/C30H21N.C18H15N/c1-4-16-25-22(10-1)13-7-19-28(25)31(29-20-8-14-23-11-2-5-17-26(23)29)30-21-9-15-24-12-3-6-18-27(24)30;1-4-10-16(11-5-1)19(17-12-6-2-7-13-17)18-14-8-3-9-15-18/h1-21H;1-15H. The van der Waals surface area contributed by atoms with Gasteiger partial charge < -0.3 is 9.80 Å². The van der Waals surface area contributed by atoms with Crippen LogP contribution in [-0.2, 0) is 0 Å². The van der Waals surface area contributed by atoms with Gasteiger partial charge in [0.25, 0.3) is 0 Å². The van der Waals surface area contributed by atoms with E-state index in [4.69, 9.17) is 0 Å². The normalized spacial score (nSPS) is 10.8. The number of anilines is 6. The first-order valence-electron chi connectivity index (χ1n) is 17.0. The van der Waals surface area contributed by atoms with E-state index in [0.29, 0.717) is 0 Å². The molecule has 9 rings (SSSR count). The zero-order chi connectivity index (χ0) is 33.5. The molecule has 0 saturated carbocycles. The van der Waals surface area contributed by atoms with Crippen LogP contribution in [0.15, 0.2) is 218 Å². The van der Waals surface area contributed by atoms with Crippen molar-refractivity contribution in [3.05, 3.63) is 218 Å². The first kappa shape index (κ1) is 30.7. The van der Waals surface area contributed by atoms with E-state index in [1.165, 1.54) is 66.4 Å². The van der Waals surface area contributed by atoms with E-state index in [0.717, 1.165) is 0 Å². The predicted octanol–water partition coefficient (Wildman–Crippen LogP) is 13.8. The number of hydrogen-bond donors (Lipinski definition) is 0. The molecule has 0 fully saturated rings. The van der Waals surface area contributed by atoms with Gasteiger partial charge in [-0.1, -0.05) is 164 Å². The van der Waals surface area contributed by atoms with Gasteiger partial charge >= 0.3 is 0 Å². The lowest BCUT2D eigenvalue weighted by Crippen LogP contribution is -2.11. The quantitative estimate of drug-likeness (QED) is 0.178. The first-order valence-corrected chi connectivity index (χ1v) is 17.0. The van der Waals surface area contributed by atoms with Crippen molar-refractivity contribution in [3.63, 3.8) is 0 Å². The molecule has 0 aliphatic carbocycles. The maximum absolute atomic E-state index is 2.42. The summed E-state index contributed by atoms with van der Waals surface area (Å²) in [6.45, 7) is 0. The molecular weight excluding hydrogens is 605 g/mol. The molecule has 0 amide bonds. The van der Waals surface area contributed by atoms with Crippen molar-refractivity contribution in [3.8, 4) is 0 Å². The van der Waals surface area contributed by atoms with Crippen LogP contribution in [0.1, 0.15) is 0 Å². The zero-order valence-corrected chi connectivity index (χ0v) is 27.7. The third-order valence-electron chi connectivity index (χ3n) is 9.07. The lowest BCUT2D eigenvalue weighted by Gasteiger charge is -2.29. The minimum Gasteiger partial charge on any atom is -0.311 e. The molecule has 2 nitrogen and oxygen atoms in total. The van der Waals surface area contributed by atoms with Crippen LogP contribution in [0.3, 0.4) is 0 Å². The largest absolute Gasteiger partial charge is 0.311 e. The summed E-state index contributed by atoms with van der Waals surface area (Å²) in [6.07, 6.45) is 0. The Labute approximate surface area is 293 Å². The minimum atomic E-state index is 1.17. The molecule has 0 atom stereocenters. The molecule has 0 heterocycles. The number of hydrogen-bond acceptors (Lipinski definition) is 2. The third-order valence-corrected chi connectivity index (χ3v) is 9.07. The van der Waals surface area contributed by atoms with Gasteiger partial charge in [-0.3, -0.25) is 0 Å². The molecule has 0 aliphatic rings. The van der Waals surface area contributed by atoms with Gasteiger partial charge in [0, 0.05) is 33.2 Å². The van der Waals surface area contributed by atoms with Gasteiger partial charge in [0.05, 0.1) is 17.1 Å². The SMILES string of the molecule is c1ccc(N(c2ccccc2)c2ccccc2)cc1.c1ccc2c(N(c3cccc4ccccc34)c3cccc4ccccc34)cccc2c1. The molecule has 0 N–H and O–H groups in total. The minimum absolute atomic E-state index is 1.17. The van der Waals surface area contributed by atoms with Gasteiger partial charge in [-0.2, -0.15) is 0 Å². The molecule has 9 aromatic carbocycles. The van der Waals surface area contributed by atoms with Crippen molar-refractivity contribution >= 4 is 66.4 Å². The molecule has 50 heavy (non-hydrogen) atoms. The number of nitrogens with zero attached hydrogens (tertiary/aromatic N) is 2. The maximum atomic E-state index is 2.42. The summed E-state index contributed by atoms with van der Waals surface area (Å²) >= 11 is 0. The van der Waals surface area contributed by atoms with Crippen LogP contribution >= 0.6 is 0 Å². The Kier molecular flexibility index (Phi) is 8.73. The Morgan fingerprint density at radius 2 is 0.460 bits per heavy atom. The van der Waals surface area contributed by atoms with Crippen LogP contribution in [0.5, 0.6) is 0 Å². The fraction of sp³-hybridized carbons (Fsp3) is 0. The van der Waals surface area contributed by atoms with Crippen molar-refractivity contribution < 1.29 is 0 Å². The summed E-state index contributed by atoms with van der Waals surface area (Å²) < 4.78 is 0. The highest BCUT2D eigenvalue weighted by molar-refractivity contribution is 6.08. The average Bonchev–Trinajstić information content (AvgIpc) is 3.20. The summed E-state index contributed by atoms with van der Waals surface area (Å²) in [5.74, 6) is 0. The van der Waals surface area contributed by atoms with Crippen LogP contribution in [0.25, 0.3) is 32.3 Å². The summed E-state index contributed by atoms with van der Waals surface area (Å²) in [6, 6.07) is 76.8. The highest BCUT2D eigenvalue weighted by atomic mass is 15.1. The van der Waals surface area contributed by atoms with E-state index in [1.54, 1.807) is 0 Å². The molecule has 238 valence electrons. The fourth-order valence-corrected chi connectivity index (χ4v) is 6.78. The molecule has 0 saturated heterocycles. The molecule has 9 aromatic rings. The highest BCUT2D eigenvalue weighted by Crippen LogP contribution is 2.44. The van der Waals surface area contributed by atoms with Gasteiger partial charge in [0.1, 0.15) is 0 Å². The first-order chi connectivity index (χ1) is 24.8. The molecule has 0 aromatic heterocycles. The van der Waals surface area contributed by atoms with Crippen molar-refractivity contribution in [1.82, 2.24) is 0 Å². The summed E-state index contributed by atoms with van der Waals surface area (Å²) in [5, 5.41) is 7.45. The van der Waals surface area contributed by atoms with E-state index in [2.05, 4.69) is 210 Å². The summed E-state index contributed by atoms with van der Waals surface area (Å²) in [5.41, 5.74) is 7.06. The zero-order valence-electron chi connectivity index (χ0n) is 27.7. The van der Waals surface area contributed by atoms with E-state index < -0.39 is 0 Å². The second-order valence-corrected chi connectivity index (χ2v) is 12.2. The van der Waals surface area contributed by atoms with E-state index in [1.807, 2.05) is 18.2 Å². The van der Waals surface area contributed by atoms with Crippen molar-refractivity contribution in [2.75, 3.05) is 9.80 Å². The van der Waals surface area contributed by atoms with Crippen LogP contribution in [-0.4, -0.2) is 0 Å². The summed E-state index contributed by atoms with van der Waals surface area (Å²) in [4.78, 5) is 4.67. The number of rotatable bonds is 6. The lowest BCUT2D eigenvalue weighted by atomic mass is 10.0. The van der Waals surface area contributed by atoms with E-state index in [9.17, 15) is 0 Å². The second-order valence-electron chi connectivity index (χ2n) is 12.2. The fourth-order valence-electron chi connectivity index (χ4n) is 6.78. The number of fused-ring (bicyclic) bond motifs is 3. The Bertz CT molecular complexity index is 2190. The molecule has 2 heteroatoms. The Morgan fingerprint density at radius 3 is 0.780 bits per heavy atom. The second kappa shape index (κ2) is 14.2. The van der Waals surface area contributed by atoms with Crippen LogP contribution in [0, 0.1) is 0 Å². The van der Waals surface area contributed by atoms with Crippen molar-refractivity contribution in [1.29, 1.82) is 0 Å². The Balaban J connectivity index is 0.000000163. The van der Waals surface area contributed by atoms with Gasteiger partial charge in [-0.05, 0) is 70.8 Å². The predicted molar refractivity (Wildman–Crippen MR) is 215 cm³/mol. The van der Waals surface area contributed by atoms with Gasteiger partial charge in [0.15, 0.2) is 0 Å². The topological polar surface area (TPSA) is 6.48 Å². The van der Waals surface area contributed by atoms with Gasteiger partial charge in [-0.25, -0.2) is 0 Å². The number of benzene rings is 9. The molecule has 0 unspecified atom stereocenters. The van der Waals surface area contributed by atoms with Crippen LogP contribution < -0.4 is 9.80 Å². The highest BCUT2D eigenvalue weighted by Gasteiger charge is 2.19.